The van der Waals surface area contributed by atoms with E-state index in [4.69, 9.17) is 4.74 Å². The molecule has 0 unspecified atom stereocenters. The van der Waals surface area contributed by atoms with Crippen LogP contribution in [0.15, 0.2) is 48.5 Å². The predicted molar refractivity (Wildman–Crippen MR) is 124 cm³/mol. The van der Waals surface area contributed by atoms with Crippen molar-refractivity contribution in [2.75, 3.05) is 24.5 Å². The smallest absolute Gasteiger partial charge is 0.324 e. The van der Waals surface area contributed by atoms with Crippen LogP contribution < -0.4 is 15.0 Å². The first kappa shape index (κ1) is 20.9. The highest BCUT2D eigenvalue weighted by molar-refractivity contribution is 5.94. The maximum Gasteiger partial charge on any atom is 0.324 e. The average Bonchev–Trinajstić information content (AvgIpc) is 2.83. The van der Waals surface area contributed by atoms with Crippen molar-refractivity contribution in [3.05, 3.63) is 59.7 Å². The van der Waals surface area contributed by atoms with Gasteiger partial charge in [-0.3, -0.25) is 9.69 Å². The molecule has 6 nitrogen and oxygen atoms in total. The summed E-state index contributed by atoms with van der Waals surface area (Å²) in [6.45, 7) is 3.73. The largest absolute Gasteiger partial charge is 0.487 e. The zero-order valence-corrected chi connectivity index (χ0v) is 18.6. The number of fused-ring (bicyclic) bond motifs is 2. The summed E-state index contributed by atoms with van der Waals surface area (Å²) in [5.74, 6) is 0.842. The van der Waals surface area contributed by atoms with Crippen LogP contribution >= 0.6 is 0 Å². The lowest BCUT2D eigenvalue weighted by molar-refractivity contribution is -0.127. The number of para-hydroxylation sites is 2. The third-order valence-corrected chi connectivity index (χ3v) is 6.98. The number of hydrogen-bond donors (Lipinski definition) is 1. The first-order valence-corrected chi connectivity index (χ1v) is 11.8. The SMILES string of the molecule is C[C@H]1CN(C(=O)N2CCC(C(=O)N[C@@H]3CCCc4ccccc43)CC2)c2ccccc2O1. The van der Waals surface area contributed by atoms with Gasteiger partial charge in [0.15, 0.2) is 0 Å². The lowest BCUT2D eigenvalue weighted by Gasteiger charge is -2.39. The van der Waals surface area contributed by atoms with Gasteiger partial charge in [-0.05, 0) is 62.3 Å². The van der Waals surface area contributed by atoms with E-state index in [1.807, 2.05) is 41.0 Å². The van der Waals surface area contributed by atoms with Gasteiger partial charge in [0.25, 0.3) is 0 Å². The summed E-state index contributed by atoms with van der Waals surface area (Å²) in [5, 5.41) is 3.30. The third-order valence-electron chi connectivity index (χ3n) is 6.98. The number of amides is 3. The Morgan fingerprint density at radius 2 is 1.75 bits per heavy atom. The summed E-state index contributed by atoms with van der Waals surface area (Å²) < 4.78 is 5.88. The van der Waals surface area contributed by atoms with E-state index in [0.29, 0.717) is 32.5 Å². The van der Waals surface area contributed by atoms with Crippen LogP contribution in [-0.4, -0.2) is 42.6 Å². The quantitative estimate of drug-likeness (QED) is 0.768. The number of nitrogens with zero attached hydrogens (tertiary/aromatic N) is 2. The highest BCUT2D eigenvalue weighted by Crippen LogP contribution is 2.34. The van der Waals surface area contributed by atoms with Crippen LogP contribution in [0.4, 0.5) is 10.5 Å². The van der Waals surface area contributed by atoms with E-state index in [0.717, 1.165) is 30.7 Å². The summed E-state index contributed by atoms with van der Waals surface area (Å²) in [6.07, 6.45) is 4.55. The molecule has 2 heterocycles. The molecular weight excluding hydrogens is 402 g/mol. The summed E-state index contributed by atoms with van der Waals surface area (Å²) >= 11 is 0. The molecule has 1 saturated heterocycles. The molecule has 3 aliphatic rings. The fourth-order valence-corrected chi connectivity index (χ4v) is 5.27. The number of urea groups is 1. The molecule has 0 bridgehead atoms. The highest BCUT2D eigenvalue weighted by Gasteiger charge is 2.34. The molecule has 1 N–H and O–H groups in total. The van der Waals surface area contributed by atoms with Gasteiger partial charge in [0.2, 0.25) is 5.91 Å². The fourth-order valence-electron chi connectivity index (χ4n) is 5.27. The van der Waals surface area contributed by atoms with Gasteiger partial charge in [0.05, 0.1) is 18.3 Å². The Morgan fingerprint density at radius 1 is 1.00 bits per heavy atom. The van der Waals surface area contributed by atoms with Crippen molar-refractivity contribution in [3.8, 4) is 5.75 Å². The van der Waals surface area contributed by atoms with Crippen molar-refractivity contribution in [2.45, 2.75) is 51.2 Å². The molecule has 0 radical (unpaired) electrons. The number of likely N-dealkylation sites (tertiary alicyclic amines) is 1. The van der Waals surface area contributed by atoms with Gasteiger partial charge in [0.1, 0.15) is 11.9 Å². The number of rotatable bonds is 2. The summed E-state index contributed by atoms with van der Waals surface area (Å²) in [7, 11) is 0. The molecule has 0 saturated carbocycles. The number of carbonyl (C=O) groups excluding carboxylic acids is 2. The van der Waals surface area contributed by atoms with Crippen LogP contribution in [0, 0.1) is 5.92 Å². The molecule has 5 rings (SSSR count). The van der Waals surface area contributed by atoms with E-state index in [-0.39, 0.29) is 30.0 Å². The topological polar surface area (TPSA) is 61.9 Å². The maximum atomic E-state index is 13.3. The second kappa shape index (κ2) is 8.85. The van der Waals surface area contributed by atoms with Crippen molar-refractivity contribution in [3.63, 3.8) is 0 Å². The summed E-state index contributed by atoms with van der Waals surface area (Å²) in [5.41, 5.74) is 3.44. The Balaban J connectivity index is 1.20. The summed E-state index contributed by atoms with van der Waals surface area (Å²) in [6, 6.07) is 16.2. The molecule has 1 aliphatic carbocycles. The molecule has 1 fully saturated rings. The van der Waals surface area contributed by atoms with Crippen LogP contribution in [0.2, 0.25) is 0 Å². The van der Waals surface area contributed by atoms with Crippen LogP contribution in [-0.2, 0) is 11.2 Å². The number of nitrogens with one attached hydrogen (secondary N) is 1. The number of aryl methyl sites for hydroxylation is 1. The fraction of sp³-hybridized carbons (Fsp3) is 0.462. The second-order valence-corrected chi connectivity index (χ2v) is 9.20. The van der Waals surface area contributed by atoms with Gasteiger partial charge >= 0.3 is 6.03 Å². The number of benzene rings is 2. The first-order chi connectivity index (χ1) is 15.6. The molecule has 2 atom stereocenters. The lowest BCUT2D eigenvalue weighted by Crippen LogP contribution is -2.52. The molecule has 32 heavy (non-hydrogen) atoms. The number of carbonyl (C=O) groups is 2. The number of piperidine rings is 1. The van der Waals surface area contributed by atoms with Crippen molar-refractivity contribution in [1.29, 1.82) is 0 Å². The molecule has 2 aromatic rings. The van der Waals surface area contributed by atoms with E-state index in [9.17, 15) is 9.59 Å². The van der Waals surface area contributed by atoms with E-state index in [1.54, 1.807) is 0 Å². The molecule has 6 heteroatoms. The Morgan fingerprint density at radius 3 is 2.59 bits per heavy atom. The van der Waals surface area contributed by atoms with Gasteiger partial charge in [0, 0.05) is 19.0 Å². The highest BCUT2D eigenvalue weighted by atomic mass is 16.5. The number of hydrogen-bond acceptors (Lipinski definition) is 3. The van der Waals surface area contributed by atoms with Gasteiger partial charge in [-0.15, -0.1) is 0 Å². The van der Waals surface area contributed by atoms with E-state index in [1.165, 1.54) is 11.1 Å². The van der Waals surface area contributed by atoms with Gasteiger partial charge in [-0.2, -0.15) is 0 Å². The van der Waals surface area contributed by atoms with Gasteiger partial charge < -0.3 is 15.0 Å². The molecule has 168 valence electrons. The molecule has 2 aromatic carbocycles. The number of ether oxygens (including phenoxy) is 1. The predicted octanol–water partition coefficient (Wildman–Crippen LogP) is 4.30. The molecule has 0 aromatic heterocycles. The van der Waals surface area contributed by atoms with Crippen molar-refractivity contribution in [1.82, 2.24) is 10.2 Å². The molecule has 0 spiro atoms. The maximum absolute atomic E-state index is 13.3. The van der Waals surface area contributed by atoms with Crippen molar-refractivity contribution < 1.29 is 14.3 Å². The van der Waals surface area contributed by atoms with Gasteiger partial charge in [-0.25, -0.2) is 4.79 Å². The minimum atomic E-state index is -0.0458. The Hall–Kier alpha value is -3.02. The minimum Gasteiger partial charge on any atom is -0.487 e. The minimum absolute atomic E-state index is 0.00710. The normalized spacial score (nSPS) is 23.0. The monoisotopic (exact) mass is 433 g/mol. The second-order valence-electron chi connectivity index (χ2n) is 9.20. The Bertz CT molecular complexity index is 999. The van der Waals surface area contributed by atoms with Crippen LogP contribution in [0.5, 0.6) is 5.75 Å². The van der Waals surface area contributed by atoms with E-state index >= 15 is 0 Å². The van der Waals surface area contributed by atoms with Gasteiger partial charge in [-0.1, -0.05) is 36.4 Å². The third kappa shape index (κ3) is 4.06. The first-order valence-electron chi connectivity index (χ1n) is 11.8. The van der Waals surface area contributed by atoms with Crippen molar-refractivity contribution in [2.24, 2.45) is 5.92 Å². The molecule has 2 aliphatic heterocycles. The Kier molecular flexibility index (Phi) is 5.77. The van der Waals surface area contributed by atoms with Crippen LogP contribution in [0.3, 0.4) is 0 Å². The zero-order valence-electron chi connectivity index (χ0n) is 18.6. The standard InChI is InChI=1S/C26H31N3O3/c1-18-17-29(23-11-4-5-12-24(23)32-18)26(31)28-15-13-20(14-16-28)25(30)27-22-10-6-8-19-7-2-3-9-21(19)22/h2-5,7,9,11-12,18,20,22H,6,8,10,13-17H2,1H3,(H,27,30)/t18-,22+/m0/s1. The van der Waals surface area contributed by atoms with Crippen molar-refractivity contribution >= 4 is 17.6 Å². The van der Waals surface area contributed by atoms with Crippen LogP contribution in [0.1, 0.15) is 49.8 Å². The Labute approximate surface area is 189 Å². The number of anilines is 1. The summed E-state index contributed by atoms with van der Waals surface area (Å²) in [4.78, 5) is 30.0. The zero-order chi connectivity index (χ0) is 22.1. The molecule has 3 amide bonds. The molecular formula is C26H31N3O3. The van der Waals surface area contributed by atoms with Crippen LogP contribution in [0.25, 0.3) is 0 Å². The van der Waals surface area contributed by atoms with E-state index in [2.05, 4.69) is 29.6 Å². The van der Waals surface area contributed by atoms with E-state index < -0.39 is 0 Å². The lowest BCUT2D eigenvalue weighted by atomic mass is 9.87. The average molecular weight is 434 g/mol.